The van der Waals surface area contributed by atoms with Crippen LogP contribution in [0.4, 0.5) is 0 Å². The first-order chi connectivity index (χ1) is 6.44. The Balaban J connectivity index is 2.22. The number of hydrogen-bond donors (Lipinski definition) is 2. The number of aliphatic hydroxyl groups is 2. The highest BCUT2D eigenvalue weighted by atomic mass is 16.8. The minimum atomic E-state index is -1.22. The van der Waals surface area contributed by atoms with E-state index in [2.05, 4.69) is 0 Å². The SMILES string of the molecule is CC1(C)OC[C@]2(OC[C@@H](O)C=C2O)O1. The van der Waals surface area contributed by atoms with Crippen LogP contribution in [0.25, 0.3) is 0 Å². The lowest BCUT2D eigenvalue weighted by molar-refractivity contribution is -0.256. The van der Waals surface area contributed by atoms with Gasteiger partial charge >= 0.3 is 0 Å². The average Bonchev–Trinajstić information content (AvgIpc) is 2.38. The van der Waals surface area contributed by atoms with Gasteiger partial charge in [0.1, 0.15) is 6.61 Å². The topological polar surface area (TPSA) is 68.2 Å². The van der Waals surface area contributed by atoms with E-state index in [1.165, 1.54) is 6.08 Å². The molecule has 2 aliphatic rings. The Kier molecular flexibility index (Phi) is 2.08. The molecule has 1 fully saturated rings. The molecule has 5 nitrogen and oxygen atoms in total. The van der Waals surface area contributed by atoms with E-state index in [-0.39, 0.29) is 19.0 Å². The van der Waals surface area contributed by atoms with Crippen LogP contribution in [-0.2, 0) is 14.2 Å². The smallest absolute Gasteiger partial charge is 0.254 e. The van der Waals surface area contributed by atoms with Gasteiger partial charge in [-0.05, 0) is 19.9 Å². The largest absolute Gasteiger partial charge is 0.507 e. The highest BCUT2D eigenvalue weighted by Gasteiger charge is 2.51. The van der Waals surface area contributed by atoms with E-state index in [4.69, 9.17) is 14.2 Å². The summed E-state index contributed by atoms with van der Waals surface area (Å²) in [6.07, 6.45) is 0.529. The number of rotatable bonds is 0. The average molecular weight is 202 g/mol. The number of hydrogen-bond acceptors (Lipinski definition) is 5. The van der Waals surface area contributed by atoms with E-state index < -0.39 is 17.7 Å². The number of ether oxygens (including phenoxy) is 3. The molecule has 2 rings (SSSR count). The molecule has 5 heteroatoms. The first-order valence-electron chi connectivity index (χ1n) is 4.51. The normalized spacial score (nSPS) is 41.4. The van der Waals surface area contributed by atoms with E-state index in [1.807, 2.05) is 0 Å². The molecule has 0 radical (unpaired) electrons. The Labute approximate surface area is 81.9 Å². The highest BCUT2D eigenvalue weighted by molar-refractivity contribution is 5.12. The molecule has 2 N–H and O–H groups in total. The summed E-state index contributed by atoms with van der Waals surface area (Å²) in [5, 5.41) is 18.8. The predicted octanol–water partition coefficient (Wildman–Crippen LogP) is 0.299. The van der Waals surface area contributed by atoms with Crippen LogP contribution in [0.1, 0.15) is 13.8 Å². The highest BCUT2D eigenvalue weighted by Crippen LogP contribution is 2.38. The zero-order valence-corrected chi connectivity index (χ0v) is 8.19. The van der Waals surface area contributed by atoms with Crippen LogP contribution in [0.15, 0.2) is 11.8 Å². The van der Waals surface area contributed by atoms with Gasteiger partial charge in [-0.15, -0.1) is 0 Å². The van der Waals surface area contributed by atoms with Gasteiger partial charge in [0, 0.05) is 0 Å². The second kappa shape index (κ2) is 2.93. The first kappa shape index (κ1) is 9.92. The Hall–Kier alpha value is -0.620. The lowest BCUT2D eigenvalue weighted by Gasteiger charge is -2.32. The standard InChI is InChI=1S/C9H14O5/c1-8(2)13-5-9(14-8)7(11)3-6(10)4-12-9/h3,6,10-11H,4-5H2,1-2H3/t6-,9-/m0/s1. The summed E-state index contributed by atoms with van der Waals surface area (Å²) in [5.74, 6) is -2.12. The fourth-order valence-electron chi connectivity index (χ4n) is 1.57. The van der Waals surface area contributed by atoms with E-state index in [0.29, 0.717) is 0 Å². The summed E-state index contributed by atoms with van der Waals surface area (Å²) in [7, 11) is 0. The van der Waals surface area contributed by atoms with Gasteiger partial charge in [0.2, 0.25) is 0 Å². The van der Waals surface area contributed by atoms with E-state index in [1.54, 1.807) is 13.8 Å². The third-order valence-corrected chi connectivity index (χ3v) is 2.25. The minimum absolute atomic E-state index is 0.101. The van der Waals surface area contributed by atoms with E-state index in [9.17, 15) is 10.2 Å². The van der Waals surface area contributed by atoms with Crippen LogP contribution in [0.5, 0.6) is 0 Å². The molecule has 1 spiro atoms. The Morgan fingerprint density at radius 2 is 2.14 bits per heavy atom. The van der Waals surface area contributed by atoms with Gasteiger partial charge in [-0.1, -0.05) is 0 Å². The Morgan fingerprint density at radius 3 is 2.64 bits per heavy atom. The fraction of sp³-hybridized carbons (Fsp3) is 0.778. The van der Waals surface area contributed by atoms with Crippen molar-refractivity contribution < 1.29 is 24.4 Å². The molecule has 0 aromatic heterocycles. The second-order valence-corrected chi connectivity index (χ2v) is 3.97. The van der Waals surface area contributed by atoms with Crippen molar-refractivity contribution in [2.75, 3.05) is 13.2 Å². The van der Waals surface area contributed by atoms with Crippen LogP contribution in [0.2, 0.25) is 0 Å². The second-order valence-electron chi connectivity index (χ2n) is 3.97. The molecule has 1 saturated heterocycles. The van der Waals surface area contributed by atoms with Gasteiger partial charge in [0.15, 0.2) is 11.5 Å². The van der Waals surface area contributed by atoms with Crippen molar-refractivity contribution in [1.29, 1.82) is 0 Å². The molecule has 0 amide bonds. The van der Waals surface area contributed by atoms with Crippen molar-refractivity contribution in [3.05, 3.63) is 11.8 Å². The molecule has 2 heterocycles. The zero-order valence-electron chi connectivity index (χ0n) is 8.19. The predicted molar refractivity (Wildman–Crippen MR) is 46.5 cm³/mol. The van der Waals surface area contributed by atoms with Gasteiger partial charge in [-0.2, -0.15) is 0 Å². The van der Waals surface area contributed by atoms with Gasteiger partial charge in [-0.25, -0.2) is 0 Å². The van der Waals surface area contributed by atoms with Crippen molar-refractivity contribution in [3.8, 4) is 0 Å². The first-order valence-corrected chi connectivity index (χ1v) is 4.51. The summed E-state index contributed by atoms with van der Waals surface area (Å²) in [6.45, 7) is 3.71. The molecular formula is C9H14O5. The molecular weight excluding hydrogens is 188 g/mol. The van der Waals surface area contributed by atoms with Gasteiger partial charge in [0.05, 0.1) is 12.7 Å². The van der Waals surface area contributed by atoms with Crippen molar-refractivity contribution in [1.82, 2.24) is 0 Å². The quantitative estimate of drug-likeness (QED) is 0.591. The van der Waals surface area contributed by atoms with Crippen molar-refractivity contribution in [2.45, 2.75) is 31.5 Å². The molecule has 0 saturated carbocycles. The Bertz CT molecular complexity index is 272. The summed E-state index contributed by atoms with van der Waals surface area (Å²) in [5.41, 5.74) is 0. The van der Waals surface area contributed by atoms with E-state index in [0.717, 1.165) is 0 Å². The van der Waals surface area contributed by atoms with Crippen molar-refractivity contribution in [2.24, 2.45) is 0 Å². The summed E-state index contributed by atoms with van der Waals surface area (Å²) in [4.78, 5) is 0. The lowest BCUT2D eigenvalue weighted by Crippen LogP contribution is -2.44. The summed E-state index contributed by atoms with van der Waals surface area (Å²) >= 11 is 0. The van der Waals surface area contributed by atoms with Crippen LogP contribution in [0.3, 0.4) is 0 Å². The third kappa shape index (κ3) is 1.52. The molecule has 0 unspecified atom stereocenters. The number of aliphatic hydroxyl groups excluding tert-OH is 2. The zero-order chi connectivity index (χ0) is 10.4. The van der Waals surface area contributed by atoms with Crippen LogP contribution < -0.4 is 0 Å². The maximum atomic E-state index is 9.63. The molecule has 0 aliphatic carbocycles. The third-order valence-electron chi connectivity index (χ3n) is 2.25. The van der Waals surface area contributed by atoms with E-state index >= 15 is 0 Å². The molecule has 0 aromatic carbocycles. The maximum Gasteiger partial charge on any atom is 0.254 e. The molecule has 2 aliphatic heterocycles. The van der Waals surface area contributed by atoms with Crippen molar-refractivity contribution in [3.63, 3.8) is 0 Å². The molecule has 80 valence electrons. The maximum absolute atomic E-state index is 9.63. The van der Waals surface area contributed by atoms with Gasteiger partial charge < -0.3 is 24.4 Å². The minimum Gasteiger partial charge on any atom is -0.507 e. The summed E-state index contributed by atoms with van der Waals surface area (Å²) in [6, 6.07) is 0. The monoisotopic (exact) mass is 202 g/mol. The van der Waals surface area contributed by atoms with Crippen LogP contribution in [-0.4, -0.2) is 41.1 Å². The van der Waals surface area contributed by atoms with Crippen molar-refractivity contribution >= 4 is 0 Å². The fourth-order valence-corrected chi connectivity index (χ4v) is 1.57. The molecule has 0 bridgehead atoms. The summed E-state index contributed by atoms with van der Waals surface area (Å²) < 4.78 is 16.0. The van der Waals surface area contributed by atoms with Crippen LogP contribution >= 0.6 is 0 Å². The molecule has 14 heavy (non-hydrogen) atoms. The Morgan fingerprint density at radius 1 is 1.43 bits per heavy atom. The molecule has 2 atom stereocenters. The van der Waals surface area contributed by atoms with Gasteiger partial charge in [-0.3, -0.25) is 0 Å². The molecule has 0 aromatic rings. The van der Waals surface area contributed by atoms with Crippen LogP contribution in [0, 0.1) is 0 Å². The van der Waals surface area contributed by atoms with Gasteiger partial charge in [0.25, 0.3) is 5.79 Å². The lowest BCUT2D eigenvalue weighted by atomic mass is 10.1.